The number of rotatable bonds is 6. The zero-order valence-corrected chi connectivity index (χ0v) is 16.4. The van der Waals surface area contributed by atoms with Gasteiger partial charge in [0, 0.05) is 16.6 Å². The Hall–Kier alpha value is -1.73. The number of sulfonamides is 1. The Balaban J connectivity index is 2.64. The highest BCUT2D eigenvalue weighted by Gasteiger charge is 2.30. The molecule has 2 aromatic rings. The number of halogens is 1. The molecule has 0 aliphatic rings. The molecule has 2 rings (SSSR count). The molecule has 0 atom stereocenters. The molecular weight excluding hydrogens is 394 g/mol. The molecule has 0 heterocycles. The van der Waals surface area contributed by atoms with Gasteiger partial charge in [-0.05, 0) is 48.0 Å². The molecular formula is C17H20BrNO4S. The van der Waals surface area contributed by atoms with Crippen molar-refractivity contribution in [1.82, 2.24) is 0 Å². The molecule has 0 saturated heterocycles. The molecule has 0 unspecified atom stereocenters. The molecule has 0 aliphatic carbocycles. The van der Waals surface area contributed by atoms with Crippen LogP contribution in [0.3, 0.4) is 0 Å². The molecule has 0 aliphatic heterocycles. The number of para-hydroxylation sites is 1. The van der Waals surface area contributed by atoms with Crippen LogP contribution in [0.2, 0.25) is 0 Å². The summed E-state index contributed by atoms with van der Waals surface area (Å²) in [5.41, 5.74) is 0.606. The predicted molar refractivity (Wildman–Crippen MR) is 98.5 cm³/mol. The third-order valence-corrected chi connectivity index (χ3v) is 6.42. The first-order valence-corrected chi connectivity index (χ1v) is 9.57. The molecule has 0 saturated carbocycles. The molecule has 130 valence electrons. The molecule has 24 heavy (non-hydrogen) atoms. The SMILES string of the molecule is COc1cc(Br)c(S(=O)(=O)N(c2ccccc2)C(C)C)cc1OC. The summed E-state index contributed by atoms with van der Waals surface area (Å²) < 4.78 is 38.8. The van der Waals surface area contributed by atoms with E-state index in [1.165, 1.54) is 24.6 Å². The fraction of sp³-hybridized carbons (Fsp3) is 0.294. The smallest absolute Gasteiger partial charge is 0.265 e. The van der Waals surface area contributed by atoms with Crippen molar-refractivity contribution in [2.75, 3.05) is 18.5 Å². The monoisotopic (exact) mass is 413 g/mol. The summed E-state index contributed by atoms with van der Waals surface area (Å²) in [5.74, 6) is 0.815. The van der Waals surface area contributed by atoms with Crippen molar-refractivity contribution in [2.45, 2.75) is 24.8 Å². The van der Waals surface area contributed by atoms with Gasteiger partial charge in [0.05, 0.1) is 19.9 Å². The minimum Gasteiger partial charge on any atom is -0.493 e. The van der Waals surface area contributed by atoms with Crippen LogP contribution in [0, 0.1) is 0 Å². The van der Waals surface area contributed by atoms with E-state index >= 15 is 0 Å². The van der Waals surface area contributed by atoms with Gasteiger partial charge in [-0.2, -0.15) is 0 Å². The molecule has 0 amide bonds. The normalized spacial score (nSPS) is 11.4. The average Bonchev–Trinajstić information content (AvgIpc) is 2.54. The summed E-state index contributed by atoms with van der Waals surface area (Å²) in [6.07, 6.45) is 0. The summed E-state index contributed by atoms with van der Waals surface area (Å²) in [5, 5.41) is 0. The number of nitrogens with zero attached hydrogens (tertiary/aromatic N) is 1. The summed E-state index contributed by atoms with van der Waals surface area (Å²) in [7, 11) is -0.816. The number of benzene rings is 2. The van der Waals surface area contributed by atoms with Gasteiger partial charge in [0.2, 0.25) is 0 Å². The van der Waals surface area contributed by atoms with Crippen LogP contribution in [0.25, 0.3) is 0 Å². The van der Waals surface area contributed by atoms with Crippen molar-refractivity contribution in [2.24, 2.45) is 0 Å². The molecule has 0 fully saturated rings. The Kier molecular flexibility index (Phi) is 5.77. The maximum atomic E-state index is 13.3. The van der Waals surface area contributed by atoms with E-state index < -0.39 is 10.0 Å². The Morgan fingerprint density at radius 3 is 2.04 bits per heavy atom. The van der Waals surface area contributed by atoms with Crippen LogP contribution in [-0.4, -0.2) is 28.7 Å². The van der Waals surface area contributed by atoms with Gasteiger partial charge in [-0.3, -0.25) is 4.31 Å². The van der Waals surface area contributed by atoms with Crippen molar-refractivity contribution in [1.29, 1.82) is 0 Å². The molecule has 0 aromatic heterocycles. The van der Waals surface area contributed by atoms with Gasteiger partial charge in [-0.25, -0.2) is 8.42 Å². The minimum atomic E-state index is -3.79. The first kappa shape index (κ1) is 18.6. The van der Waals surface area contributed by atoms with Crippen LogP contribution in [0.1, 0.15) is 13.8 Å². The summed E-state index contributed by atoms with van der Waals surface area (Å²) >= 11 is 3.34. The summed E-state index contributed by atoms with van der Waals surface area (Å²) in [4.78, 5) is 0.123. The van der Waals surface area contributed by atoms with E-state index in [9.17, 15) is 8.42 Å². The molecule has 0 N–H and O–H groups in total. The van der Waals surface area contributed by atoms with Crippen molar-refractivity contribution in [3.63, 3.8) is 0 Å². The Morgan fingerprint density at radius 2 is 1.54 bits per heavy atom. The summed E-state index contributed by atoms with van der Waals surface area (Å²) in [6.45, 7) is 3.67. The topological polar surface area (TPSA) is 55.8 Å². The van der Waals surface area contributed by atoms with E-state index in [-0.39, 0.29) is 10.9 Å². The molecule has 5 nitrogen and oxygen atoms in total. The first-order valence-electron chi connectivity index (χ1n) is 7.34. The molecule has 7 heteroatoms. The van der Waals surface area contributed by atoms with E-state index in [0.29, 0.717) is 21.7 Å². The Labute approximate surface area is 151 Å². The maximum Gasteiger partial charge on any atom is 0.265 e. The third-order valence-electron chi connectivity index (χ3n) is 3.45. The summed E-state index contributed by atoms with van der Waals surface area (Å²) in [6, 6.07) is 11.8. The van der Waals surface area contributed by atoms with Crippen LogP contribution in [0.4, 0.5) is 5.69 Å². The van der Waals surface area contributed by atoms with Crippen LogP contribution < -0.4 is 13.8 Å². The minimum absolute atomic E-state index is 0.123. The lowest BCUT2D eigenvalue weighted by molar-refractivity contribution is 0.353. The Morgan fingerprint density at radius 1 is 1.00 bits per heavy atom. The van der Waals surface area contributed by atoms with Crippen LogP contribution in [0.15, 0.2) is 51.8 Å². The zero-order valence-electron chi connectivity index (χ0n) is 14.0. The maximum absolute atomic E-state index is 13.3. The predicted octanol–water partition coefficient (Wildman–Crippen LogP) is 4.07. The van der Waals surface area contributed by atoms with E-state index in [4.69, 9.17) is 9.47 Å². The number of hydrogen-bond acceptors (Lipinski definition) is 4. The number of ether oxygens (including phenoxy) is 2. The van der Waals surface area contributed by atoms with Gasteiger partial charge in [-0.15, -0.1) is 0 Å². The van der Waals surface area contributed by atoms with Gasteiger partial charge >= 0.3 is 0 Å². The van der Waals surface area contributed by atoms with Crippen LogP contribution in [-0.2, 0) is 10.0 Å². The third kappa shape index (κ3) is 3.52. The second-order valence-corrected chi connectivity index (χ2v) is 8.01. The van der Waals surface area contributed by atoms with Crippen molar-refractivity contribution in [3.05, 3.63) is 46.9 Å². The Bertz CT molecular complexity index is 807. The first-order chi connectivity index (χ1) is 11.3. The van der Waals surface area contributed by atoms with Gasteiger partial charge in [0.15, 0.2) is 11.5 Å². The van der Waals surface area contributed by atoms with Gasteiger partial charge in [0.25, 0.3) is 10.0 Å². The number of anilines is 1. The second kappa shape index (κ2) is 7.44. The second-order valence-electron chi connectivity index (χ2n) is 5.37. The van der Waals surface area contributed by atoms with E-state index in [1.54, 1.807) is 18.2 Å². The van der Waals surface area contributed by atoms with Gasteiger partial charge < -0.3 is 9.47 Å². The molecule has 0 spiro atoms. The fourth-order valence-electron chi connectivity index (χ4n) is 2.43. The lowest BCUT2D eigenvalue weighted by Crippen LogP contribution is -2.37. The quantitative estimate of drug-likeness (QED) is 0.715. The number of methoxy groups -OCH3 is 2. The zero-order chi connectivity index (χ0) is 17.9. The highest BCUT2D eigenvalue weighted by atomic mass is 79.9. The highest BCUT2D eigenvalue weighted by Crippen LogP contribution is 2.38. The largest absolute Gasteiger partial charge is 0.493 e. The van der Waals surface area contributed by atoms with Crippen molar-refractivity contribution in [3.8, 4) is 11.5 Å². The lowest BCUT2D eigenvalue weighted by atomic mass is 10.3. The molecule has 2 aromatic carbocycles. The van der Waals surface area contributed by atoms with E-state index in [0.717, 1.165) is 0 Å². The van der Waals surface area contributed by atoms with Gasteiger partial charge in [-0.1, -0.05) is 18.2 Å². The standard InChI is InChI=1S/C17H20BrNO4S/c1-12(2)19(13-8-6-5-7-9-13)24(20,21)17-11-16(23-4)15(22-3)10-14(17)18/h5-12H,1-4H3. The van der Waals surface area contributed by atoms with E-state index in [1.807, 2.05) is 32.0 Å². The molecule has 0 bridgehead atoms. The fourth-order valence-corrected chi connectivity index (χ4v) is 5.09. The van der Waals surface area contributed by atoms with Gasteiger partial charge in [0.1, 0.15) is 4.90 Å². The highest BCUT2D eigenvalue weighted by molar-refractivity contribution is 9.10. The van der Waals surface area contributed by atoms with Crippen LogP contribution in [0.5, 0.6) is 11.5 Å². The lowest BCUT2D eigenvalue weighted by Gasteiger charge is -2.29. The van der Waals surface area contributed by atoms with Crippen LogP contribution >= 0.6 is 15.9 Å². The van der Waals surface area contributed by atoms with E-state index in [2.05, 4.69) is 15.9 Å². The van der Waals surface area contributed by atoms with Crippen molar-refractivity contribution >= 4 is 31.6 Å². The van der Waals surface area contributed by atoms with Crippen molar-refractivity contribution < 1.29 is 17.9 Å². The average molecular weight is 414 g/mol. The number of hydrogen-bond donors (Lipinski definition) is 0. The molecule has 0 radical (unpaired) electrons.